The molecule has 0 saturated carbocycles. The van der Waals surface area contributed by atoms with Crippen LogP contribution < -0.4 is 5.32 Å². The van der Waals surface area contributed by atoms with E-state index in [9.17, 15) is 22.8 Å². The number of nitrogens with one attached hydrogen (secondary N) is 1. The van der Waals surface area contributed by atoms with Crippen LogP contribution >= 0.6 is 0 Å². The Bertz CT molecular complexity index is 448. The second-order valence-electron chi connectivity index (χ2n) is 3.76. The van der Waals surface area contributed by atoms with Crippen molar-refractivity contribution >= 4 is 12.0 Å². The molecule has 0 radical (unpaired) electrons. The minimum Gasteiger partial charge on any atom is -0.480 e. The molecule has 0 aromatic carbocycles. The smallest absolute Gasteiger partial charge is 0.406 e. The molecular formula is C9H12F3N5O3. The zero-order valence-electron chi connectivity index (χ0n) is 10.2. The molecule has 0 spiro atoms. The number of rotatable bonds is 6. The number of amides is 2. The number of hydrogen-bond acceptors (Lipinski definition) is 4. The Labute approximate surface area is 111 Å². The molecule has 0 bridgehead atoms. The van der Waals surface area contributed by atoms with E-state index in [2.05, 4.69) is 15.6 Å². The minimum absolute atomic E-state index is 0.00380. The third-order valence-corrected chi connectivity index (χ3v) is 2.07. The molecule has 8 nitrogen and oxygen atoms in total. The summed E-state index contributed by atoms with van der Waals surface area (Å²) in [5.74, 6) is -1.53. The maximum atomic E-state index is 12.2. The molecule has 11 heteroatoms. The summed E-state index contributed by atoms with van der Waals surface area (Å²) in [5, 5.41) is 17.8. The van der Waals surface area contributed by atoms with Crippen LogP contribution in [0.1, 0.15) is 0 Å². The van der Waals surface area contributed by atoms with Crippen molar-refractivity contribution in [2.45, 2.75) is 12.7 Å². The van der Waals surface area contributed by atoms with E-state index in [-0.39, 0.29) is 18.0 Å². The van der Waals surface area contributed by atoms with Crippen LogP contribution in [0.3, 0.4) is 0 Å². The molecule has 0 aliphatic rings. The number of aliphatic carboxylic acids is 1. The average Bonchev–Trinajstić information content (AvgIpc) is 2.78. The highest BCUT2D eigenvalue weighted by molar-refractivity contribution is 5.80. The first-order valence-corrected chi connectivity index (χ1v) is 5.43. The summed E-state index contributed by atoms with van der Waals surface area (Å²) in [6.45, 7) is -2.46. The molecule has 0 unspecified atom stereocenters. The SMILES string of the molecule is O=C(O)CN(CC(F)(F)F)C(=O)NCCn1ccnn1. The van der Waals surface area contributed by atoms with E-state index < -0.39 is 31.3 Å². The van der Waals surface area contributed by atoms with Crippen LogP contribution in [-0.4, -0.2) is 62.8 Å². The van der Waals surface area contributed by atoms with Gasteiger partial charge < -0.3 is 15.3 Å². The Morgan fingerprint density at radius 3 is 2.60 bits per heavy atom. The number of nitrogens with zero attached hydrogens (tertiary/aromatic N) is 4. The predicted octanol–water partition coefficient (Wildman–Crippen LogP) is -0.0634. The lowest BCUT2D eigenvalue weighted by molar-refractivity contribution is -0.148. The third kappa shape index (κ3) is 6.02. The second kappa shape index (κ2) is 6.73. The lowest BCUT2D eigenvalue weighted by Crippen LogP contribution is -2.47. The number of halogens is 3. The van der Waals surface area contributed by atoms with Gasteiger partial charge in [-0.05, 0) is 0 Å². The van der Waals surface area contributed by atoms with Crippen LogP contribution in [0.4, 0.5) is 18.0 Å². The van der Waals surface area contributed by atoms with Crippen molar-refractivity contribution in [3.8, 4) is 0 Å². The number of carboxylic acid groups (broad SMARTS) is 1. The van der Waals surface area contributed by atoms with Crippen molar-refractivity contribution in [1.29, 1.82) is 0 Å². The summed E-state index contributed by atoms with van der Waals surface area (Å²) in [6.07, 6.45) is -1.75. The molecule has 1 aromatic heterocycles. The molecule has 2 amide bonds. The second-order valence-corrected chi connectivity index (χ2v) is 3.76. The fourth-order valence-electron chi connectivity index (χ4n) is 1.32. The highest BCUT2D eigenvalue weighted by atomic mass is 19.4. The summed E-state index contributed by atoms with van der Waals surface area (Å²) in [5.41, 5.74) is 0. The molecule has 2 N–H and O–H groups in total. The molecule has 112 valence electrons. The third-order valence-electron chi connectivity index (χ3n) is 2.07. The van der Waals surface area contributed by atoms with Crippen LogP contribution in [0.5, 0.6) is 0 Å². The first-order chi connectivity index (χ1) is 9.28. The van der Waals surface area contributed by atoms with Crippen LogP contribution in [0.25, 0.3) is 0 Å². The summed E-state index contributed by atoms with van der Waals surface area (Å²) in [6, 6.07) is -1.11. The summed E-state index contributed by atoms with van der Waals surface area (Å²) >= 11 is 0. The predicted molar refractivity (Wildman–Crippen MR) is 58.7 cm³/mol. The normalized spacial score (nSPS) is 11.2. The lowest BCUT2D eigenvalue weighted by Gasteiger charge is -2.22. The number of carboxylic acids is 1. The Balaban J connectivity index is 2.47. The lowest BCUT2D eigenvalue weighted by atomic mass is 10.4. The van der Waals surface area contributed by atoms with E-state index in [0.29, 0.717) is 0 Å². The number of aromatic nitrogens is 3. The number of urea groups is 1. The number of carbonyl (C=O) groups excluding carboxylic acids is 1. The van der Waals surface area contributed by atoms with Gasteiger partial charge >= 0.3 is 18.2 Å². The molecule has 20 heavy (non-hydrogen) atoms. The van der Waals surface area contributed by atoms with Gasteiger partial charge in [0, 0.05) is 12.7 Å². The number of alkyl halides is 3. The first kappa shape index (κ1) is 15.7. The van der Waals surface area contributed by atoms with Gasteiger partial charge in [-0.2, -0.15) is 13.2 Å². The highest BCUT2D eigenvalue weighted by Gasteiger charge is 2.33. The van der Waals surface area contributed by atoms with Gasteiger partial charge in [0.05, 0.1) is 12.7 Å². The molecule has 1 aromatic rings. The first-order valence-electron chi connectivity index (χ1n) is 5.43. The standard InChI is InChI=1S/C9H12F3N5O3/c10-9(11,12)6-16(5-7(18)19)8(20)13-1-3-17-4-2-14-15-17/h2,4H,1,3,5-6H2,(H,13,20)(H,18,19). The Hall–Kier alpha value is -2.33. The van der Waals surface area contributed by atoms with Gasteiger partial charge in [0.15, 0.2) is 0 Å². The van der Waals surface area contributed by atoms with E-state index in [1.165, 1.54) is 17.1 Å². The maximum absolute atomic E-state index is 12.2. The monoisotopic (exact) mass is 295 g/mol. The zero-order valence-corrected chi connectivity index (χ0v) is 10.2. The molecule has 0 atom stereocenters. The van der Waals surface area contributed by atoms with Crippen LogP contribution in [0.2, 0.25) is 0 Å². The van der Waals surface area contributed by atoms with E-state index in [0.717, 1.165) is 0 Å². The Kier molecular flexibility index (Phi) is 5.29. The number of hydrogen-bond donors (Lipinski definition) is 2. The fraction of sp³-hybridized carbons (Fsp3) is 0.556. The van der Waals surface area contributed by atoms with Gasteiger partial charge in [-0.1, -0.05) is 5.21 Å². The highest BCUT2D eigenvalue weighted by Crippen LogP contribution is 2.16. The molecule has 0 fully saturated rings. The van der Waals surface area contributed by atoms with Gasteiger partial charge in [0.25, 0.3) is 0 Å². The summed E-state index contributed by atoms with van der Waals surface area (Å²) < 4.78 is 38.0. The molecule has 0 saturated heterocycles. The van der Waals surface area contributed by atoms with Gasteiger partial charge in [-0.3, -0.25) is 9.48 Å². The maximum Gasteiger partial charge on any atom is 0.406 e. The minimum atomic E-state index is -4.67. The van der Waals surface area contributed by atoms with Crippen molar-refractivity contribution in [1.82, 2.24) is 25.2 Å². The average molecular weight is 295 g/mol. The molecule has 1 rings (SSSR count). The zero-order chi connectivity index (χ0) is 15.2. The van der Waals surface area contributed by atoms with Crippen LogP contribution in [0.15, 0.2) is 12.4 Å². The van der Waals surface area contributed by atoms with Crippen LogP contribution in [0, 0.1) is 0 Å². The van der Waals surface area contributed by atoms with Crippen molar-refractivity contribution in [3.05, 3.63) is 12.4 Å². The quantitative estimate of drug-likeness (QED) is 0.765. The van der Waals surface area contributed by atoms with Gasteiger partial charge in [-0.25, -0.2) is 4.79 Å². The Morgan fingerprint density at radius 2 is 2.10 bits per heavy atom. The summed E-state index contributed by atoms with van der Waals surface area (Å²) in [4.78, 5) is 22.1. The van der Waals surface area contributed by atoms with Gasteiger partial charge in [0.2, 0.25) is 0 Å². The van der Waals surface area contributed by atoms with E-state index in [4.69, 9.17) is 5.11 Å². The molecule has 0 aliphatic heterocycles. The van der Waals surface area contributed by atoms with E-state index in [1.54, 1.807) is 0 Å². The van der Waals surface area contributed by atoms with Gasteiger partial charge in [0.1, 0.15) is 13.1 Å². The summed E-state index contributed by atoms with van der Waals surface area (Å²) in [7, 11) is 0. The van der Waals surface area contributed by atoms with E-state index in [1.807, 2.05) is 0 Å². The largest absolute Gasteiger partial charge is 0.480 e. The Morgan fingerprint density at radius 1 is 1.40 bits per heavy atom. The van der Waals surface area contributed by atoms with Crippen LogP contribution in [-0.2, 0) is 11.3 Å². The van der Waals surface area contributed by atoms with Crippen molar-refractivity contribution < 1.29 is 27.9 Å². The van der Waals surface area contributed by atoms with Crippen molar-refractivity contribution in [3.63, 3.8) is 0 Å². The number of carbonyl (C=O) groups is 2. The van der Waals surface area contributed by atoms with E-state index >= 15 is 0 Å². The fourth-order valence-corrected chi connectivity index (χ4v) is 1.32. The molecule has 1 heterocycles. The molecule has 0 aliphatic carbocycles. The van der Waals surface area contributed by atoms with Crippen molar-refractivity contribution in [2.24, 2.45) is 0 Å². The van der Waals surface area contributed by atoms with Gasteiger partial charge in [-0.15, -0.1) is 5.10 Å². The molecular weight excluding hydrogens is 283 g/mol. The topological polar surface area (TPSA) is 100 Å². The van der Waals surface area contributed by atoms with Crippen molar-refractivity contribution in [2.75, 3.05) is 19.6 Å².